The van der Waals surface area contributed by atoms with Crippen LogP contribution in [0.15, 0.2) is 59.7 Å². The predicted octanol–water partition coefficient (Wildman–Crippen LogP) is 7.20. The number of benzene rings is 2. The smallest absolute Gasteiger partial charge is 0.153 e. The molecule has 1 saturated heterocycles. The summed E-state index contributed by atoms with van der Waals surface area (Å²) >= 11 is 9.49. The first-order valence-corrected chi connectivity index (χ1v) is 14.4. The van der Waals surface area contributed by atoms with Gasteiger partial charge in [0, 0.05) is 28.3 Å². The van der Waals surface area contributed by atoms with Gasteiger partial charge < -0.3 is 10.6 Å². The molecule has 0 saturated carbocycles. The molecule has 1 fully saturated rings. The quantitative estimate of drug-likeness (QED) is 0.359. The van der Waals surface area contributed by atoms with Crippen LogP contribution < -0.4 is 16.1 Å². The lowest BCUT2D eigenvalue weighted by Gasteiger charge is -2.39. The van der Waals surface area contributed by atoms with Crippen molar-refractivity contribution in [2.75, 3.05) is 22.9 Å². The van der Waals surface area contributed by atoms with Crippen LogP contribution in [0.1, 0.15) is 52.7 Å². The van der Waals surface area contributed by atoms with Crippen molar-refractivity contribution >= 4 is 62.6 Å². The molecule has 0 aliphatic carbocycles. The molecule has 4 nitrogen and oxygen atoms in total. The van der Waals surface area contributed by atoms with Crippen molar-refractivity contribution in [2.24, 2.45) is 0 Å². The molecule has 35 heavy (non-hydrogen) atoms. The Balaban J connectivity index is 1.31. The Morgan fingerprint density at radius 2 is 1.37 bits per heavy atom. The van der Waals surface area contributed by atoms with E-state index in [0.29, 0.717) is 0 Å². The van der Waals surface area contributed by atoms with Gasteiger partial charge >= 0.3 is 0 Å². The summed E-state index contributed by atoms with van der Waals surface area (Å²) in [6, 6.07) is 17.2. The van der Waals surface area contributed by atoms with Gasteiger partial charge in [-0.3, -0.25) is 5.01 Å². The molecule has 0 radical (unpaired) electrons. The highest BCUT2D eigenvalue weighted by Gasteiger charge is 2.37. The Morgan fingerprint density at radius 1 is 0.857 bits per heavy atom. The van der Waals surface area contributed by atoms with Gasteiger partial charge in [0.05, 0.1) is 17.6 Å². The molecule has 1 atom stereocenters. The maximum absolute atomic E-state index is 5.81. The van der Waals surface area contributed by atoms with Crippen LogP contribution in [0.5, 0.6) is 0 Å². The second-order valence-electron chi connectivity index (χ2n) is 10.5. The fourth-order valence-electron chi connectivity index (χ4n) is 5.39. The maximum Gasteiger partial charge on any atom is 0.153 e. The van der Waals surface area contributed by atoms with E-state index in [1.54, 1.807) is 11.8 Å². The molecule has 5 rings (SSSR count). The number of hydrogen-bond donors (Lipinski definition) is 3. The number of thiocarbonyl (C=S) groups is 1. The Labute approximate surface area is 223 Å². The SMILES string of the molecule is CC1=C(CSC2NN(CC3=C(C)c4ccccc4NC3(C)C)C(=S)S2)C(C)(C)Nc2ccccc21. The molecule has 3 aliphatic rings. The lowest BCUT2D eigenvalue weighted by molar-refractivity contribution is 0.359. The summed E-state index contributed by atoms with van der Waals surface area (Å²) in [6.07, 6.45) is 0. The van der Waals surface area contributed by atoms with E-state index in [-0.39, 0.29) is 15.8 Å². The summed E-state index contributed by atoms with van der Waals surface area (Å²) in [5, 5.41) is 9.63. The number of fused-ring (bicyclic) bond motifs is 2. The number of rotatable bonds is 5. The average molecular weight is 523 g/mol. The lowest BCUT2D eigenvalue weighted by Crippen LogP contribution is -2.45. The number of nitrogens with one attached hydrogen (secondary N) is 3. The minimum atomic E-state index is -0.140. The number of allylic oxidation sites excluding steroid dienone is 2. The van der Waals surface area contributed by atoms with Gasteiger partial charge in [-0.15, -0.1) is 11.8 Å². The normalized spacial score (nSPS) is 22.5. The molecule has 184 valence electrons. The van der Waals surface area contributed by atoms with E-state index in [1.807, 2.05) is 11.8 Å². The predicted molar refractivity (Wildman–Crippen MR) is 160 cm³/mol. The monoisotopic (exact) mass is 522 g/mol. The van der Waals surface area contributed by atoms with Crippen LogP contribution in [0.3, 0.4) is 0 Å². The minimum absolute atomic E-state index is 0.0813. The van der Waals surface area contributed by atoms with Crippen LogP contribution >= 0.6 is 35.7 Å². The van der Waals surface area contributed by atoms with Crippen LogP contribution in [0, 0.1) is 0 Å². The minimum Gasteiger partial charge on any atom is -0.376 e. The van der Waals surface area contributed by atoms with E-state index in [9.17, 15) is 0 Å². The van der Waals surface area contributed by atoms with Gasteiger partial charge in [-0.05, 0) is 76.0 Å². The van der Waals surface area contributed by atoms with E-state index in [4.69, 9.17) is 12.2 Å². The zero-order valence-electron chi connectivity index (χ0n) is 21.3. The Hall–Kier alpha value is -1.93. The molecule has 2 aromatic rings. The van der Waals surface area contributed by atoms with Gasteiger partial charge in [-0.25, -0.2) is 5.43 Å². The summed E-state index contributed by atoms with van der Waals surface area (Å²) in [5.41, 5.74) is 14.0. The van der Waals surface area contributed by atoms with Gasteiger partial charge in [-0.2, -0.15) is 0 Å². The van der Waals surface area contributed by atoms with Crippen LogP contribution in [0.25, 0.3) is 11.1 Å². The average Bonchev–Trinajstić information content (AvgIpc) is 3.14. The van der Waals surface area contributed by atoms with E-state index in [0.717, 1.165) is 16.6 Å². The van der Waals surface area contributed by atoms with Crippen molar-refractivity contribution in [3.63, 3.8) is 0 Å². The molecule has 1 unspecified atom stereocenters. The Morgan fingerprint density at radius 3 is 1.97 bits per heavy atom. The van der Waals surface area contributed by atoms with E-state index in [2.05, 4.69) is 111 Å². The fourth-order valence-corrected chi connectivity index (χ4v) is 8.43. The highest BCUT2D eigenvalue weighted by atomic mass is 32.2. The Bertz CT molecular complexity index is 1240. The highest BCUT2D eigenvalue weighted by Crippen LogP contribution is 2.43. The third kappa shape index (κ3) is 4.64. The Kier molecular flexibility index (Phi) is 6.49. The van der Waals surface area contributed by atoms with Gasteiger partial charge in [0.25, 0.3) is 0 Å². The number of hydrazine groups is 1. The highest BCUT2D eigenvalue weighted by molar-refractivity contribution is 8.30. The van der Waals surface area contributed by atoms with Crippen LogP contribution in [0.2, 0.25) is 0 Å². The number of thioether (sulfide) groups is 2. The molecule has 2 aromatic carbocycles. The third-order valence-corrected chi connectivity index (χ3v) is 10.2. The molecule has 0 aromatic heterocycles. The molecule has 3 N–H and O–H groups in total. The third-order valence-electron chi connectivity index (χ3n) is 7.36. The number of para-hydroxylation sites is 2. The topological polar surface area (TPSA) is 39.3 Å². The standard InChI is InChI=1S/C28H34N4S3/c1-17-19-11-7-9-13-23(19)29-27(3,4)21(17)15-32-26(33)35-25(31-32)34-16-22-18(2)20-12-8-10-14-24(20)30-28(22,5)6/h7-14,25,29-31H,15-16H2,1-6H3. The van der Waals surface area contributed by atoms with Crippen molar-refractivity contribution in [3.05, 3.63) is 70.8 Å². The summed E-state index contributed by atoms with van der Waals surface area (Å²) in [5.74, 6) is 0.948. The lowest BCUT2D eigenvalue weighted by atomic mass is 9.83. The second kappa shape index (κ2) is 9.18. The van der Waals surface area contributed by atoms with Gasteiger partial charge in [-0.1, -0.05) is 60.4 Å². The van der Waals surface area contributed by atoms with Gasteiger partial charge in [0.15, 0.2) is 4.32 Å². The number of anilines is 2. The summed E-state index contributed by atoms with van der Waals surface area (Å²) in [6.45, 7) is 14.3. The first-order chi connectivity index (χ1) is 16.6. The van der Waals surface area contributed by atoms with Crippen LogP contribution in [-0.2, 0) is 0 Å². The van der Waals surface area contributed by atoms with Crippen molar-refractivity contribution in [2.45, 2.75) is 57.3 Å². The summed E-state index contributed by atoms with van der Waals surface area (Å²) < 4.78 is 1.11. The van der Waals surface area contributed by atoms with E-state index < -0.39 is 0 Å². The van der Waals surface area contributed by atoms with E-state index >= 15 is 0 Å². The number of hydrogen-bond acceptors (Lipinski definition) is 6. The number of nitrogens with zero attached hydrogens (tertiary/aromatic N) is 1. The second-order valence-corrected chi connectivity index (χ2v) is 13.7. The molecule has 0 bridgehead atoms. The fraction of sp³-hybridized carbons (Fsp3) is 0.393. The molecular formula is C28H34N4S3. The molecule has 0 amide bonds. The zero-order chi connectivity index (χ0) is 25.0. The van der Waals surface area contributed by atoms with Crippen molar-refractivity contribution in [1.82, 2.24) is 10.4 Å². The van der Waals surface area contributed by atoms with Crippen LogP contribution in [-0.4, -0.2) is 37.4 Å². The van der Waals surface area contributed by atoms with Crippen molar-refractivity contribution < 1.29 is 0 Å². The van der Waals surface area contributed by atoms with Crippen molar-refractivity contribution in [3.8, 4) is 0 Å². The molecule has 7 heteroatoms. The summed E-state index contributed by atoms with van der Waals surface area (Å²) in [4.78, 5) is 0. The first kappa shape index (κ1) is 24.8. The van der Waals surface area contributed by atoms with Gasteiger partial charge in [0.1, 0.15) is 4.71 Å². The van der Waals surface area contributed by atoms with Gasteiger partial charge in [0.2, 0.25) is 0 Å². The van der Waals surface area contributed by atoms with E-state index in [1.165, 1.54) is 44.8 Å². The maximum atomic E-state index is 5.81. The van der Waals surface area contributed by atoms with Crippen molar-refractivity contribution in [1.29, 1.82) is 0 Å². The largest absolute Gasteiger partial charge is 0.376 e. The first-order valence-electron chi connectivity index (χ1n) is 12.1. The molecule has 0 spiro atoms. The molecule has 3 heterocycles. The molecular weight excluding hydrogens is 489 g/mol. The summed E-state index contributed by atoms with van der Waals surface area (Å²) in [7, 11) is 0. The zero-order valence-corrected chi connectivity index (χ0v) is 23.7. The van der Waals surface area contributed by atoms with Crippen LogP contribution in [0.4, 0.5) is 11.4 Å². The molecule has 3 aliphatic heterocycles.